The van der Waals surface area contributed by atoms with Crippen LogP contribution in [0.25, 0.3) is 0 Å². The van der Waals surface area contributed by atoms with Gasteiger partial charge in [-0.1, -0.05) is 30.3 Å². The van der Waals surface area contributed by atoms with Gasteiger partial charge in [0.15, 0.2) is 12.1 Å². The van der Waals surface area contributed by atoms with Crippen LogP contribution in [0.5, 0.6) is 0 Å². The maximum atomic E-state index is 11.9. The largest absolute Gasteiger partial charge is 0.370 e. The zero-order chi connectivity index (χ0) is 15.1. The molecule has 21 heavy (non-hydrogen) atoms. The Morgan fingerprint density at radius 2 is 1.90 bits per heavy atom. The molecule has 0 fully saturated rings. The van der Waals surface area contributed by atoms with E-state index in [1.807, 2.05) is 18.2 Å². The lowest BCUT2D eigenvalue weighted by molar-refractivity contribution is -0.0421. The summed E-state index contributed by atoms with van der Waals surface area (Å²) in [6.07, 6.45) is 1.09. The number of anilines is 1. The summed E-state index contributed by atoms with van der Waals surface area (Å²) < 4.78 is 0. The van der Waals surface area contributed by atoms with Crippen molar-refractivity contribution < 1.29 is 15.0 Å². The fourth-order valence-electron chi connectivity index (χ4n) is 2.00. The highest BCUT2D eigenvalue weighted by atomic mass is 16.5. The van der Waals surface area contributed by atoms with Crippen molar-refractivity contribution in [3.05, 3.63) is 59.8 Å². The second-order valence-corrected chi connectivity index (χ2v) is 4.63. The van der Waals surface area contributed by atoms with E-state index < -0.39 is 6.29 Å². The summed E-state index contributed by atoms with van der Waals surface area (Å²) in [6, 6.07) is 12.4. The summed E-state index contributed by atoms with van der Waals surface area (Å²) in [5.41, 5.74) is 1.04. The lowest BCUT2D eigenvalue weighted by atomic mass is 10.1. The molecule has 0 saturated carbocycles. The summed E-state index contributed by atoms with van der Waals surface area (Å²) in [7, 11) is 0. The zero-order valence-electron chi connectivity index (χ0n) is 11.6. The van der Waals surface area contributed by atoms with E-state index in [4.69, 9.17) is 0 Å². The van der Waals surface area contributed by atoms with E-state index in [1.54, 1.807) is 30.5 Å². The first-order chi connectivity index (χ1) is 10.2. The fourth-order valence-corrected chi connectivity index (χ4v) is 2.00. The van der Waals surface area contributed by atoms with Gasteiger partial charge >= 0.3 is 0 Å². The number of ketones is 1. The first-order valence-electron chi connectivity index (χ1n) is 6.81. The number of carbonyl (C=O) groups excluding carboxylic acids is 1. The van der Waals surface area contributed by atoms with E-state index in [-0.39, 0.29) is 5.78 Å². The monoisotopic (exact) mass is 286 g/mol. The van der Waals surface area contributed by atoms with Gasteiger partial charge < -0.3 is 15.5 Å². The summed E-state index contributed by atoms with van der Waals surface area (Å²) in [5.74, 6) is 0.528. The lowest BCUT2D eigenvalue weighted by Gasteiger charge is -2.11. The minimum Gasteiger partial charge on any atom is -0.370 e. The minimum atomic E-state index is -1.56. The number of nitrogens with one attached hydrogen (secondary N) is 1. The van der Waals surface area contributed by atoms with Gasteiger partial charge in [0.2, 0.25) is 0 Å². The van der Waals surface area contributed by atoms with E-state index in [1.165, 1.54) is 0 Å². The molecule has 5 heteroatoms. The van der Waals surface area contributed by atoms with Crippen molar-refractivity contribution in [1.82, 2.24) is 4.98 Å². The molecule has 0 atom stereocenters. The molecule has 2 rings (SSSR count). The third-order valence-corrected chi connectivity index (χ3v) is 3.09. The second-order valence-electron chi connectivity index (χ2n) is 4.63. The Balaban J connectivity index is 1.82. The van der Waals surface area contributed by atoms with Crippen LogP contribution in [-0.2, 0) is 0 Å². The van der Waals surface area contributed by atoms with Gasteiger partial charge in [0.05, 0.1) is 0 Å². The molecule has 2 aromatic rings. The first-order valence-corrected chi connectivity index (χ1v) is 6.81. The van der Waals surface area contributed by atoms with Crippen LogP contribution in [0.4, 0.5) is 5.82 Å². The highest BCUT2D eigenvalue weighted by Gasteiger charge is 2.10. The van der Waals surface area contributed by atoms with Crippen molar-refractivity contribution in [2.45, 2.75) is 19.1 Å². The molecular formula is C16H18N2O3. The summed E-state index contributed by atoms with van der Waals surface area (Å²) in [5, 5.41) is 21.5. The predicted octanol–water partition coefficient (Wildman–Crippen LogP) is 2.14. The van der Waals surface area contributed by atoms with Gasteiger partial charge in [-0.2, -0.15) is 0 Å². The van der Waals surface area contributed by atoms with Crippen LogP contribution in [-0.4, -0.2) is 27.5 Å². The van der Waals surface area contributed by atoms with Crippen LogP contribution in [0, 0.1) is 0 Å². The number of aliphatic hydroxyl groups excluding tert-OH is 1. The van der Waals surface area contributed by atoms with Gasteiger partial charge in [-0.25, -0.2) is 4.98 Å². The minimum absolute atomic E-state index is 0.0980. The van der Waals surface area contributed by atoms with Crippen molar-refractivity contribution in [3.63, 3.8) is 0 Å². The standard InChI is InChI=1S/C16H18N2O3/c19-14(12-6-2-1-3-7-12)9-5-11-18-15-13(16(20)21)8-4-10-17-15/h1-4,6-8,10,16,20-21H,5,9,11H2,(H,17,18). The molecular weight excluding hydrogens is 268 g/mol. The average Bonchev–Trinajstić information content (AvgIpc) is 2.52. The van der Waals surface area contributed by atoms with Crippen LogP contribution in [0.3, 0.4) is 0 Å². The van der Waals surface area contributed by atoms with Gasteiger partial charge in [0.1, 0.15) is 5.82 Å². The Morgan fingerprint density at radius 1 is 1.14 bits per heavy atom. The van der Waals surface area contributed by atoms with Gasteiger partial charge in [0, 0.05) is 30.3 Å². The zero-order valence-corrected chi connectivity index (χ0v) is 11.6. The topological polar surface area (TPSA) is 82.5 Å². The van der Waals surface area contributed by atoms with E-state index >= 15 is 0 Å². The number of pyridine rings is 1. The van der Waals surface area contributed by atoms with E-state index in [0.717, 1.165) is 0 Å². The molecule has 0 spiro atoms. The number of aliphatic hydroxyl groups is 2. The Hall–Kier alpha value is -2.24. The van der Waals surface area contributed by atoms with E-state index in [9.17, 15) is 15.0 Å². The van der Waals surface area contributed by atoms with Gasteiger partial charge in [-0.15, -0.1) is 0 Å². The molecule has 0 amide bonds. The maximum Gasteiger partial charge on any atom is 0.182 e. The molecule has 5 nitrogen and oxygen atoms in total. The molecule has 1 aromatic heterocycles. The number of rotatable bonds is 7. The number of aromatic nitrogens is 1. The van der Waals surface area contributed by atoms with E-state index in [0.29, 0.717) is 36.3 Å². The van der Waals surface area contributed by atoms with Gasteiger partial charge in [-0.3, -0.25) is 4.79 Å². The van der Waals surface area contributed by atoms with Gasteiger partial charge in [-0.05, 0) is 18.6 Å². The van der Waals surface area contributed by atoms with Crippen LogP contribution in [0.2, 0.25) is 0 Å². The SMILES string of the molecule is O=C(CCCNc1ncccc1C(O)O)c1ccccc1. The van der Waals surface area contributed by atoms with Crippen LogP contribution >= 0.6 is 0 Å². The third kappa shape index (κ3) is 4.37. The Morgan fingerprint density at radius 3 is 2.62 bits per heavy atom. The first kappa shape index (κ1) is 15.2. The number of Topliss-reactive ketones (excluding diaryl/α,β-unsaturated/α-hetero) is 1. The van der Waals surface area contributed by atoms with E-state index in [2.05, 4.69) is 10.3 Å². The molecule has 0 radical (unpaired) electrons. The smallest absolute Gasteiger partial charge is 0.182 e. The summed E-state index contributed by atoms with van der Waals surface area (Å²) >= 11 is 0. The maximum absolute atomic E-state index is 11.9. The van der Waals surface area contributed by atoms with Crippen LogP contribution in [0.15, 0.2) is 48.7 Å². The number of nitrogens with zero attached hydrogens (tertiary/aromatic N) is 1. The number of benzene rings is 1. The Labute approximate surface area is 123 Å². The Kier molecular flexibility index (Phi) is 5.43. The van der Waals surface area contributed by atoms with Gasteiger partial charge in [0.25, 0.3) is 0 Å². The van der Waals surface area contributed by atoms with Crippen molar-refractivity contribution in [2.75, 3.05) is 11.9 Å². The van der Waals surface area contributed by atoms with Crippen molar-refractivity contribution in [2.24, 2.45) is 0 Å². The molecule has 0 aliphatic heterocycles. The molecule has 1 aromatic carbocycles. The molecule has 0 aliphatic carbocycles. The summed E-state index contributed by atoms with van der Waals surface area (Å²) in [6.45, 7) is 0.537. The lowest BCUT2D eigenvalue weighted by Crippen LogP contribution is -2.10. The second kappa shape index (κ2) is 7.52. The number of hydrogen-bond acceptors (Lipinski definition) is 5. The number of carbonyl (C=O) groups is 1. The molecule has 1 heterocycles. The molecule has 0 saturated heterocycles. The molecule has 3 N–H and O–H groups in total. The van der Waals surface area contributed by atoms with Crippen LogP contribution < -0.4 is 5.32 Å². The highest BCUT2D eigenvalue weighted by molar-refractivity contribution is 5.95. The quantitative estimate of drug-likeness (QED) is 0.413. The molecule has 110 valence electrons. The predicted molar refractivity (Wildman–Crippen MR) is 79.9 cm³/mol. The molecule has 0 aliphatic rings. The normalized spacial score (nSPS) is 10.6. The average molecular weight is 286 g/mol. The van der Waals surface area contributed by atoms with Crippen molar-refractivity contribution in [1.29, 1.82) is 0 Å². The Bertz CT molecular complexity index is 585. The fraction of sp³-hybridized carbons (Fsp3) is 0.250. The highest BCUT2D eigenvalue weighted by Crippen LogP contribution is 2.18. The third-order valence-electron chi connectivity index (χ3n) is 3.09. The van der Waals surface area contributed by atoms with Crippen molar-refractivity contribution in [3.8, 4) is 0 Å². The summed E-state index contributed by atoms with van der Waals surface area (Å²) in [4.78, 5) is 16.0. The molecule has 0 bridgehead atoms. The van der Waals surface area contributed by atoms with Crippen molar-refractivity contribution >= 4 is 11.6 Å². The molecule has 0 unspecified atom stereocenters. The number of hydrogen-bond donors (Lipinski definition) is 3. The van der Waals surface area contributed by atoms with Crippen LogP contribution in [0.1, 0.15) is 35.1 Å².